The zero-order valence-electron chi connectivity index (χ0n) is 22.8. The van der Waals surface area contributed by atoms with E-state index in [1.807, 2.05) is 17.9 Å². The van der Waals surface area contributed by atoms with E-state index in [0.717, 1.165) is 43.6 Å². The van der Waals surface area contributed by atoms with Crippen molar-refractivity contribution in [1.29, 1.82) is 0 Å². The van der Waals surface area contributed by atoms with Crippen molar-refractivity contribution in [2.75, 3.05) is 18.8 Å². The number of rotatable bonds is 7. The first-order valence-electron chi connectivity index (χ1n) is 13.2. The molecule has 0 radical (unpaired) electrons. The van der Waals surface area contributed by atoms with Gasteiger partial charge in [-0.25, -0.2) is 4.98 Å². The first kappa shape index (κ1) is 27.2. The molecule has 1 saturated heterocycles. The lowest BCUT2D eigenvalue weighted by Crippen LogP contribution is -2.40. The summed E-state index contributed by atoms with van der Waals surface area (Å²) >= 11 is 1.36. The minimum absolute atomic E-state index is 0.0379. The lowest BCUT2D eigenvalue weighted by molar-refractivity contribution is -0.129. The molecule has 0 N–H and O–H groups in total. The highest BCUT2D eigenvalue weighted by atomic mass is 32.2. The van der Waals surface area contributed by atoms with E-state index in [4.69, 9.17) is 4.98 Å². The summed E-state index contributed by atoms with van der Waals surface area (Å²) in [7, 11) is 1.75. The number of thioether (sulfide) groups is 1. The highest BCUT2D eigenvalue weighted by molar-refractivity contribution is 7.99. The molecule has 0 spiro atoms. The third-order valence-electron chi connectivity index (χ3n) is 7.41. The zero-order valence-corrected chi connectivity index (χ0v) is 23.6. The van der Waals surface area contributed by atoms with Crippen LogP contribution in [-0.2, 0) is 30.1 Å². The van der Waals surface area contributed by atoms with E-state index in [1.54, 1.807) is 11.6 Å². The van der Waals surface area contributed by atoms with Gasteiger partial charge in [0.15, 0.2) is 5.16 Å². The molecule has 2 heterocycles. The lowest BCUT2D eigenvalue weighted by atomic mass is 9.86. The van der Waals surface area contributed by atoms with Gasteiger partial charge in [-0.3, -0.25) is 14.2 Å². The second kappa shape index (κ2) is 11.7. The summed E-state index contributed by atoms with van der Waals surface area (Å²) in [5, 5.41) is 0.599. The number of carbonyl (C=O) groups is 1. The van der Waals surface area contributed by atoms with Crippen molar-refractivity contribution in [2.24, 2.45) is 13.0 Å². The molecule has 1 aliphatic heterocycles. The van der Waals surface area contributed by atoms with Crippen molar-refractivity contribution >= 4 is 17.7 Å². The molecular weight excluding hydrogens is 478 g/mol. The van der Waals surface area contributed by atoms with Gasteiger partial charge in [-0.1, -0.05) is 87.1 Å². The monoisotopic (exact) mass is 517 g/mol. The SMILES string of the molecule is Cc1nc(SCC(=O)N2CCC(Cc3ccccc3)CC2)n(C)c(=O)c1Cc1ccc(C(C)(C)C)cc1. The summed E-state index contributed by atoms with van der Waals surface area (Å²) in [5.41, 5.74) is 5.25. The summed E-state index contributed by atoms with van der Waals surface area (Å²) in [6.07, 6.45) is 3.70. The molecule has 0 unspecified atom stereocenters. The molecule has 3 aromatic rings. The Morgan fingerprint density at radius 1 is 1.00 bits per heavy atom. The van der Waals surface area contributed by atoms with Crippen molar-refractivity contribution in [2.45, 2.75) is 63.9 Å². The maximum absolute atomic E-state index is 13.2. The maximum atomic E-state index is 13.2. The van der Waals surface area contributed by atoms with E-state index in [9.17, 15) is 9.59 Å². The minimum atomic E-state index is -0.0379. The van der Waals surface area contributed by atoms with E-state index < -0.39 is 0 Å². The first-order chi connectivity index (χ1) is 17.6. The van der Waals surface area contributed by atoms with Gasteiger partial charge in [-0.05, 0) is 54.2 Å². The molecule has 196 valence electrons. The van der Waals surface area contributed by atoms with Gasteiger partial charge in [0.25, 0.3) is 5.56 Å². The van der Waals surface area contributed by atoms with Crippen molar-refractivity contribution in [1.82, 2.24) is 14.5 Å². The number of nitrogens with zero attached hydrogens (tertiary/aromatic N) is 3. The Hall–Kier alpha value is -2.86. The van der Waals surface area contributed by atoms with E-state index >= 15 is 0 Å². The molecule has 2 aromatic carbocycles. The number of carbonyl (C=O) groups excluding carboxylic acids is 1. The van der Waals surface area contributed by atoms with Crippen LogP contribution in [0.25, 0.3) is 0 Å². The van der Waals surface area contributed by atoms with Gasteiger partial charge < -0.3 is 4.90 Å². The van der Waals surface area contributed by atoms with Crippen LogP contribution in [0, 0.1) is 12.8 Å². The van der Waals surface area contributed by atoms with Crippen molar-refractivity contribution in [3.05, 3.63) is 92.9 Å². The Bertz CT molecular complexity index is 1270. The predicted octanol–water partition coefficient (Wildman–Crippen LogP) is 5.55. The molecule has 1 aromatic heterocycles. The molecule has 4 rings (SSSR count). The Morgan fingerprint density at radius 2 is 1.65 bits per heavy atom. The van der Waals surface area contributed by atoms with Crippen LogP contribution in [0.2, 0.25) is 0 Å². The summed E-state index contributed by atoms with van der Waals surface area (Å²) in [6, 6.07) is 19.1. The Balaban J connectivity index is 1.34. The second-order valence-corrected chi connectivity index (χ2v) is 12.2. The van der Waals surface area contributed by atoms with Gasteiger partial charge in [-0.15, -0.1) is 0 Å². The fraction of sp³-hybridized carbons (Fsp3) is 0.452. The molecule has 0 atom stereocenters. The van der Waals surface area contributed by atoms with Crippen molar-refractivity contribution in [3.8, 4) is 0 Å². The van der Waals surface area contributed by atoms with E-state index in [1.165, 1.54) is 22.9 Å². The molecule has 37 heavy (non-hydrogen) atoms. The van der Waals surface area contributed by atoms with Gasteiger partial charge in [0.2, 0.25) is 5.91 Å². The highest BCUT2D eigenvalue weighted by Gasteiger charge is 2.24. The standard InChI is InChI=1S/C31H39N3O2S/c1-22-27(20-24-11-13-26(14-12-24)31(2,3)4)29(36)33(5)30(32-22)37-21-28(35)34-17-15-25(16-18-34)19-23-9-7-6-8-10-23/h6-14,25H,15-21H2,1-5H3. The number of piperidine rings is 1. The molecule has 1 fully saturated rings. The van der Waals surface area contributed by atoms with Gasteiger partial charge in [0.1, 0.15) is 0 Å². The lowest BCUT2D eigenvalue weighted by Gasteiger charge is -2.32. The fourth-order valence-corrected chi connectivity index (χ4v) is 5.85. The largest absolute Gasteiger partial charge is 0.342 e. The molecule has 1 aliphatic rings. The Labute approximate surface area is 225 Å². The van der Waals surface area contributed by atoms with Crippen LogP contribution in [0.5, 0.6) is 0 Å². The number of amides is 1. The molecule has 6 heteroatoms. The molecule has 5 nitrogen and oxygen atoms in total. The second-order valence-electron chi connectivity index (χ2n) is 11.2. The normalized spacial score (nSPS) is 14.7. The summed E-state index contributed by atoms with van der Waals surface area (Å²) in [5.74, 6) is 1.05. The zero-order chi connectivity index (χ0) is 26.6. The van der Waals surface area contributed by atoms with E-state index in [0.29, 0.717) is 28.8 Å². The molecule has 0 aliphatic carbocycles. The van der Waals surface area contributed by atoms with Crippen LogP contribution < -0.4 is 5.56 Å². The number of likely N-dealkylation sites (tertiary alicyclic amines) is 1. The van der Waals surface area contributed by atoms with E-state index in [-0.39, 0.29) is 16.9 Å². The summed E-state index contributed by atoms with van der Waals surface area (Å²) in [6.45, 7) is 10.1. The van der Waals surface area contributed by atoms with Crippen LogP contribution in [0.15, 0.2) is 64.5 Å². The van der Waals surface area contributed by atoms with Crippen LogP contribution in [-0.4, -0.2) is 39.2 Å². The fourth-order valence-electron chi connectivity index (χ4n) is 4.94. The van der Waals surface area contributed by atoms with E-state index in [2.05, 4.69) is 69.3 Å². The van der Waals surface area contributed by atoms with Gasteiger partial charge in [0, 0.05) is 37.8 Å². The van der Waals surface area contributed by atoms with Crippen molar-refractivity contribution in [3.63, 3.8) is 0 Å². The van der Waals surface area contributed by atoms with Crippen molar-refractivity contribution < 1.29 is 4.79 Å². The third-order valence-corrected chi connectivity index (χ3v) is 8.42. The van der Waals surface area contributed by atoms with Gasteiger partial charge >= 0.3 is 0 Å². The van der Waals surface area contributed by atoms with Crippen LogP contribution in [0.4, 0.5) is 0 Å². The maximum Gasteiger partial charge on any atom is 0.257 e. The topological polar surface area (TPSA) is 55.2 Å². The number of hydrogen-bond acceptors (Lipinski definition) is 4. The smallest absolute Gasteiger partial charge is 0.257 e. The molecule has 0 bridgehead atoms. The number of aromatic nitrogens is 2. The van der Waals surface area contributed by atoms with Gasteiger partial charge in [-0.2, -0.15) is 0 Å². The number of aryl methyl sites for hydroxylation is 1. The predicted molar refractivity (Wildman–Crippen MR) is 152 cm³/mol. The molecule has 0 saturated carbocycles. The minimum Gasteiger partial charge on any atom is -0.342 e. The number of benzene rings is 2. The molecule has 1 amide bonds. The quantitative estimate of drug-likeness (QED) is 0.305. The summed E-state index contributed by atoms with van der Waals surface area (Å²) < 4.78 is 1.59. The first-order valence-corrected chi connectivity index (χ1v) is 14.2. The highest BCUT2D eigenvalue weighted by Crippen LogP contribution is 2.25. The molecular formula is C31H39N3O2S. The van der Waals surface area contributed by atoms with Crippen LogP contribution in [0.1, 0.15) is 61.6 Å². The average Bonchev–Trinajstić information content (AvgIpc) is 2.88. The van der Waals surface area contributed by atoms with Crippen LogP contribution >= 0.6 is 11.8 Å². The van der Waals surface area contributed by atoms with Gasteiger partial charge in [0.05, 0.1) is 5.75 Å². The number of hydrogen-bond donors (Lipinski definition) is 0. The average molecular weight is 518 g/mol. The van der Waals surface area contributed by atoms with Crippen LogP contribution in [0.3, 0.4) is 0 Å². The Morgan fingerprint density at radius 3 is 2.27 bits per heavy atom. The Kier molecular flexibility index (Phi) is 8.58. The summed E-state index contributed by atoms with van der Waals surface area (Å²) in [4.78, 5) is 32.8. The third kappa shape index (κ3) is 6.92.